The Morgan fingerprint density at radius 3 is 2.35 bits per heavy atom. The Hall–Kier alpha value is -1.79. The Labute approximate surface area is 101 Å². The molecule has 3 heteroatoms. The highest BCUT2D eigenvalue weighted by atomic mass is 14.9. The van der Waals surface area contributed by atoms with Crippen molar-refractivity contribution in [1.82, 2.24) is 10.3 Å². The minimum atomic E-state index is 0.617. The van der Waals surface area contributed by atoms with E-state index in [1.807, 2.05) is 30.3 Å². The van der Waals surface area contributed by atoms with Gasteiger partial charge >= 0.3 is 0 Å². The second kappa shape index (κ2) is 6.07. The van der Waals surface area contributed by atoms with E-state index in [4.69, 9.17) is 5.26 Å². The Morgan fingerprint density at radius 2 is 1.82 bits per heavy atom. The molecule has 17 heavy (non-hydrogen) atoms. The van der Waals surface area contributed by atoms with Crippen LogP contribution in [-0.4, -0.2) is 18.1 Å². The maximum Gasteiger partial charge on any atom is 0.118 e. The molecule has 1 aliphatic heterocycles. The van der Waals surface area contributed by atoms with Gasteiger partial charge in [-0.15, -0.1) is 0 Å². The largest absolute Gasteiger partial charge is 0.346 e. The smallest absolute Gasteiger partial charge is 0.118 e. The lowest BCUT2D eigenvalue weighted by atomic mass is 10.2. The Balaban J connectivity index is 0.000000153. The van der Waals surface area contributed by atoms with Crippen LogP contribution in [-0.2, 0) is 0 Å². The van der Waals surface area contributed by atoms with Crippen molar-refractivity contribution in [2.24, 2.45) is 0 Å². The lowest BCUT2D eigenvalue weighted by Crippen LogP contribution is -2.21. The predicted octanol–water partition coefficient (Wildman–Crippen LogP) is 2.80. The van der Waals surface area contributed by atoms with Gasteiger partial charge in [0.15, 0.2) is 0 Å². The summed E-state index contributed by atoms with van der Waals surface area (Å²) in [6, 6.07) is 11.7. The van der Waals surface area contributed by atoms with E-state index in [0.29, 0.717) is 5.69 Å². The van der Waals surface area contributed by atoms with Crippen LogP contribution < -0.4 is 5.32 Å². The fraction of sp³-hybridized carbons (Fsp3) is 0.357. The average Bonchev–Trinajstić information content (AvgIpc) is 2.84. The van der Waals surface area contributed by atoms with Crippen molar-refractivity contribution in [3.05, 3.63) is 36.0 Å². The summed E-state index contributed by atoms with van der Waals surface area (Å²) in [5.74, 6) is 0. The molecule has 1 aromatic carbocycles. The maximum absolute atomic E-state index is 8.56. The summed E-state index contributed by atoms with van der Waals surface area (Å²) in [5, 5.41) is 12.9. The Morgan fingerprint density at radius 1 is 1.06 bits per heavy atom. The van der Waals surface area contributed by atoms with Crippen molar-refractivity contribution in [1.29, 1.82) is 5.26 Å². The van der Waals surface area contributed by atoms with Gasteiger partial charge in [0.05, 0.1) is 0 Å². The number of para-hydroxylation sites is 1. The van der Waals surface area contributed by atoms with Crippen LogP contribution in [0.1, 0.15) is 25.0 Å². The molecule has 3 nitrogen and oxygen atoms in total. The van der Waals surface area contributed by atoms with E-state index < -0.39 is 0 Å². The molecule has 0 atom stereocenters. The highest BCUT2D eigenvalue weighted by Gasteiger charge is 1.96. The van der Waals surface area contributed by atoms with E-state index in [9.17, 15) is 0 Å². The molecular formula is C14H17N3. The van der Waals surface area contributed by atoms with E-state index in [-0.39, 0.29) is 0 Å². The van der Waals surface area contributed by atoms with Crippen molar-refractivity contribution in [2.45, 2.75) is 19.3 Å². The van der Waals surface area contributed by atoms with Gasteiger partial charge < -0.3 is 10.3 Å². The highest BCUT2D eigenvalue weighted by molar-refractivity contribution is 5.80. The molecule has 0 unspecified atom stereocenters. The lowest BCUT2D eigenvalue weighted by Gasteiger charge is -2.08. The predicted molar refractivity (Wildman–Crippen MR) is 69.7 cm³/mol. The number of aromatic amines is 1. The minimum Gasteiger partial charge on any atom is -0.346 e. The van der Waals surface area contributed by atoms with Gasteiger partial charge in [0.2, 0.25) is 0 Å². The number of fused-ring (bicyclic) bond motifs is 1. The van der Waals surface area contributed by atoms with Crippen LogP contribution in [0.5, 0.6) is 0 Å². The summed E-state index contributed by atoms with van der Waals surface area (Å²) in [6.07, 6.45) is 4.22. The van der Waals surface area contributed by atoms with E-state index in [1.165, 1.54) is 32.4 Å². The zero-order valence-electron chi connectivity index (χ0n) is 9.87. The summed E-state index contributed by atoms with van der Waals surface area (Å²) >= 11 is 0. The first-order valence-electron chi connectivity index (χ1n) is 6.09. The van der Waals surface area contributed by atoms with E-state index in [1.54, 1.807) is 0 Å². The van der Waals surface area contributed by atoms with Crippen LogP contribution in [0.3, 0.4) is 0 Å². The topological polar surface area (TPSA) is 51.6 Å². The second-order valence-corrected chi connectivity index (χ2v) is 4.19. The molecule has 88 valence electrons. The van der Waals surface area contributed by atoms with E-state index >= 15 is 0 Å². The van der Waals surface area contributed by atoms with Gasteiger partial charge in [0, 0.05) is 10.9 Å². The van der Waals surface area contributed by atoms with Crippen molar-refractivity contribution in [3.8, 4) is 6.07 Å². The van der Waals surface area contributed by atoms with Gasteiger partial charge in [0.1, 0.15) is 11.8 Å². The molecule has 2 aromatic rings. The summed E-state index contributed by atoms with van der Waals surface area (Å²) in [7, 11) is 0. The summed E-state index contributed by atoms with van der Waals surface area (Å²) < 4.78 is 0. The molecule has 0 radical (unpaired) electrons. The molecule has 0 spiro atoms. The molecule has 2 N–H and O–H groups in total. The standard InChI is InChI=1S/C9H6N2.C5H11N/c10-6-8-5-7-3-1-2-4-9(7)11-8;1-2-4-6-5-3-1/h1-5,11H;6H,1-5H2. The number of nitriles is 1. The Bertz CT molecular complexity index is 459. The zero-order chi connectivity index (χ0) is 11.9. The molecule has 0 saturated carbocycles. The van der Waals surface area contributed by atoms with Crippen LogP contribution in [0.25, 0.3) is 10.9 Å². The number of hydrogen-bond acceptors (Lipinski definition) is 2. The van der Waals surface area contributed by atoms with Gasteiger partial charge in [-0.2, -0.15) is 5.26 Å². The normalized spacial score (nSPS) is 14.8. The van der Waals surface area contributed by atoms with Crippen LogP contribution in [0.4, 0.5) is 0 Å². The minimum absolute atomic E-state index is 0.617. The van der Waals surface area contributed by atoms with E-state index in [0.717, 1.165) is 10.9 Å². The lowest BCUT2D eigenvalue weighted by molar-refractivity contribution is 0.520. The third-order valence-corrected chi connectivity index (χ3v) is 2.86. The van der Waals surface area contributed by atoms with Crippen LogP contribution in [0, 0.1) is 11.3 Å². The number of piperidine rings is 1. The third-order valence-electron chi connectivity index (χ3n) is 2.86. The number of aromatic nitrogens is 1. The van der Waals surface area contributed by atoms with Crippen molar-refractivity contribution in [3.63, 3.8) is 0 Å². The number of nitrogens with zero attached hydrogens (tertiary/aromatic N) is 1. The monoisotopic (exact) mass is 227 g/mol. The zero-order valence-corrected chi connectivity index (χ0v) is 9.87. The first-order chi connectivity index (χ1) is 8.40. The first-order valence-corrected chi connectivity index (χ1v) is 6.09. The van der Waals surface area contributed by atoms with Crippen molar-refractivity contribution < 1.29 is 0 Å². The molecule has 1 fully saturated rings. The van der Waals surface area contributed by atoms with Gasteiger partial charge in [-0.3, -0.25) is 0 Å². The molecule has 1 saturated heterocycles. The molecule has 1 aliphatic rings. The molecule has 0 aliphatic carbocycles. The van der Waals surface area contributed by atoms with Crippen LogP contribution in [0.2, 0.25) is 0 Å². The van der Waals surface area contributed by atoms with Crippen LogP contribution in [0.15, 0.2) is 30.3 Å². The van der Waals surface area contributed by atoms with Gasteiger partial charge in [0.25, 0.3) is 0 Å². The average molecular weight is 227 g/mol. The number of hydrogen-bond donors (Lipinski definition) is 2. The quantitative estimate of drug-likeness (QED) is 0.727. The fourth-order valence-corrected chi connectivity index (χ4v) is 1.94. The first kappa shape index (κ1) is 11.7. The van der Waals surface area contributed by atoms with Crippen molar-refractivity contribution in [2.75, 3.05) is 13.1 Å². The maximum atomic E-state index is 8.56. The molecule has 0 bridgehead atoms. The second-order valence-electron chi connectivity index (χ2n) is 4.19. The van der Waals surface area contributed by atoms with Gasteiger partial charge in [-0.1, -0.05) is 24.6 Å². The number of H-pyrrole nitrogens is 1. The number of rotatable bonds is 0. The third kappa shape index (κ3) is 3.33. The molecule has 1 aromatic heterocycles. The Kier molecular flexibility index (Phi) is 4.17. The van der Waals surface area contributed by atoms with Gasteiger partial charge in [-0.05, 0) is 38.1 Å². The van der Waals surface area contributed by atoms with Crippen LogP contribution >= 0.6 is 0 Å². The molecular weight excluding hydrogens is 210 g/mol. The summed E-state index contributed by atoms with van der Waals surface area (Å²) in [5.41, 5.74) is 1.63. The molecule has 0 amide bonds. The summed E-state index contributed by atoms with van der Waals surface area (Å²) in [6.45, 7) is 2.50. The molecule has 3 rings (SSSR count). The molecule has 2 heterocycles. The highest BCUT2D eigenvalue weighted by Crippen LogP contribution is 2.13. The fourth-order valence-electron chi connectivity index (χ4n) is 1.94. The number of nitrogens with one attached hydrogen (secondary N) is 2. The van der Waals surface area contributed by atoms with E-state index in [2.05, 4.69) is 16.4 Å². The number of benzene rings is 1. The van der Waals surface area contributed by atoms with Gasteiger partial charge in [-0.25, -0.2) is 0 Å². The SMILES string of the molecule is C1CCNCC1.N#Cc1cc2ccccc2[nH]1. The van der Waals surface area contributed by atoms with Crippen molar-refractivity contribution >= 4 is 10.9 Å². The summed E-state index contributed by atoms with van der Waals surface area (Å²) in [4.78, 5) is 2.98.